The van der Waals surface area contributed by atoms with Gasteiger partial charge >= 0.3 is 6.61 Å². The maximum Gasteiger partial charge on any atom is 0.387 e. The number of halogens is 2. The maximum absolute atomic E-state index is 11.9. The minimum absolute atomic E-state index is 0.0111. The smallest absolute Gasteiger partial charge is 0.387 e. The van der Waals surface area contributed by atoms with Crippen LogP contribution in [0.1, 0.15) is 24.2 Å². The van der Waals surface area contributed by atoms with E-state index in [1.54, 1.807) is 13.8 Å². The molecule has 2 N–H and O–H groups in total. The van der Waals surface area contributed by atoms with Crippen LogP contribution in [0.25, 0.3) is 0 Å². The first-order chi connectivity index (χ1) is 8.34. The summed E-state index contributed by atoms with van der Waals surface area (Å²) in [6.07, 6.45) is 0. The lowest BCUT2D eigenvalue weighted by atomic mass is 10.1. The Hall–Kier alpha value is -1.69. The predicted octanol–water partition coefficient (Wildman–Crippen LogP) is 1.79. The number of rotatable bonds is 5. The molecule has 0 spiro atoms. The summed E-state index contributed by atoms with van der Waals surface area (Å²) in [5.41, 5.74) is -0.437. The van der Waals surface area contributed by atoms with Gasteiger partial charge in [-0.05, 0) is 38.1 Å². The van der Waals surface area contributed by atoms with Gasteiger partial charge in [-0.25, -0.2) is 0 Å². The van der Waals surface area contributed by atoms with E-state index in [4.69, 9.17) is 5.11 Å². The van der Waals surface area contributed by atoms with Gasteiger partial charge in [0.05, 0.1) is 12.1 Å². The fraction of sp³-hybridized carbons (Fsp3) is 0.417. The van der Waals surface area contributed by atoms with Crippen LogP contribution in [0, 0.1) is 0 Å². The second kappa shape index (κ2) is 5.77. The van der Waals surface area contributed by atoms with Crippen LogP contribution in [0.2, 0.25) is 0 Å². The number of carbonyl (C=O) groups is 1. The van der Waals surface area contributed by atoms with Crippen molar-refractivity contribution >= 4 is 5.91 Å². The standard InChI is InChI=1S/C12H15F2NO3/c1-12(2,7-16)15-10(17)8-3-5-9(6-4-8)18-11(13)14/h3-6,11,16H,7H2,1-2H3,(H,15,17). The van der Waals surface area contributed by atoms with E-state index in [0.29, 0.717) is 5.56 Å². The number of alkyl halides is 2. The normalized spacial score (nSPS) is 11.4. The fourth-order valence-electron chi connectivity index (χ4n) is 1.21. The number of benzene rings is 1. The van der Waals surface area contributed by atoms with E-state index in [0.717, 1.165) is 0 Å². The second-order valence-corrected chi connectivity index (χ2v) is 4.40. The Balaban J connectivity index is 2.70. The van der Waals surface area contributed by atoms with Gasteiger partial charge in [-0.15, -0.1) is 0 Å². The van der Waals surface area contributed by atoms with Crippen LogP contribution >= 0.6 is 0 Å². The van der Waals surface area contributed by atoms with Crippen molar-refractivity contribution in [2.24, 2.45) is 0 Å². The zero-order valence-corrected chi connectivity index (χ0v) is 10.1. The molecule has 0 aliphatic carbocycles. The minimum Gasteiger partial charge on any atom is -0.435 e. The largest absolute Gasteiger partial charge is 0.435 e. The van der Waals surface area contributed by atoms with Gasteiger partial charge in [0.1, 0.15) is 5.75 Å². The van der Waals surface area contributed by atoms with Crippen molar-refractivity contribution in [3.05, 3.63) is 29.8 Å². The zero-order chi connectivity index (χ0) is 13.8. The molecule has 0 bridgehead atoms. The number of carbonyl (C=O) groups excluding carboxylic acids is 1. The number of hydrogen-bond donors (Lipinski definition) is 2. The maximum atomic E-state index is 11.9. The molecule has 1 aromatic rings. The van der Waals surface area contributed by atoms with Crippen molar-refractivity contribution < 1.29 is 23.4 Å². The highest BCUT2D eigenvalue weighted by Crippen LogP contribution is 2.15. The lowest BCUT2D eigenvalue weighted by Gasteiger charge is -2.23. The van der Waals surface area contributed by atoms with Gasteiger partial charge in [-0.2, -0.15) is 8.78 Å². The highest BCUT2D eigenvalue weighted by molar-refractivity contribution is 5.94. The van der Waals surface area contributed by atoms with Crippen molar-refractivity contribution in [1.29, 1.82) is 0 Å². The molecule has 0 aliphatic heterocycles. The second-order valence-electron chi connectivity index (χ2n) is 4.40. The van der Waals surface area contributed by atoms with Crippen LogP contribution in [0.3, 0.4) is 0 Å². The first-order valence-electron chi connectivity index (χ1n) is 5.32. The van der Waals surface area contributed by atoms with Crippen LogP contribution in [-0.4, -0.2) is 29.8 Å². The van der Waals surface area contributed by atoms with Gasteiger partial charge in [0.25, 0.3) is 5.91 Å². The van der Waals surface area contributed by atoms with Gasteiger partial charge in [-0.1, -0.05) is 0 Å². The van der Waals surface area contributed by atoms with Gasteiger partial charge < -0.3 is 15.2 Å². The third-order valence-electron chi connectivity index (χ3n) is 2.19. The van der Waals surface area contributed by atoms with Crippen molar-refractivity contribution in [1.82, 2.24) is 5.32 Å². The summed E-state index contributed by atoms with van der Waals surface area (Å²) in [5.74, 6) is -0.402. The number of hydrogen-bond acceptors (Lipinski definition) is 3. The number of aliphatic hydroxyl groups is 1. The van der Waals surface area contributed by atoms with Gasteiger partial charge in [-0.3, -0.25) is 4.79 Å². The molecule has 100 valence electrons. The number of aliphatic hydroxyl groups excluding tert-OH is 1. The summed E-state index contributed by atoms with van der Waals surface area (Å²) >= 11 is 0. The summed E-state index contributed by atoms with van der Waals surface area (Å²) in [4.78, 5) is 11.7. The lowest BCUT2D eigenvalue weighted by molar-refractivity contribution is -0.0498. The average molecular weight is 259 g/mol. The van der Waals surface area contributed by atoms with Gasteiger partial charge in [0.15, 0.2) is 0 Å². The van der Waals surface area contributed by atoms with E-state index in [2.05, 4.69) is 10.1 Å². The first-order valence-corrected chi connectivity index (χ1v) is 5.32. The number of ether oxygens (including phenoxy) is 1. The molecule has 6 heteroatoms. The third-order valence-corrected chi connectivity index (χ3v) is 2.19. The minimum atomic E-state index is -2.89. The molecule has 1 aromatic carbocycles. The molecule has 0 unspecified atom stereocenters. The summed E-state index contributed by atoms with van der Waals surface area (Å²) < 4.78 is 28.0. The Labute approximate surface area is 104 Å². The lowest BCUT2D eigenvalue weighted by Crippen LogP contribution is -2.46. The molecular formula is C12H15F2NO3. The molecule has 0 saturated heterocycles. The fourth-order valence-corrected chi connectivity index (χ4v) is 1.21. The molecule has 0 aromatic heterocycles. The van der Waals surface area contributed by atoms with Crippen LogP contribution < -0.4 is 10.1 Å². The van der Waals surface area contributed by atoms with E-state index in [1.165, 1.54) is 24.3 Å². The summed E-state index contributed by atoms with van der Waals surface area (Å²) in [7, 11) is 0. The Kier molecular flexibility index (Phi) is 4.61. The van der Waals surface area contributed by atoms with Crippen molar-refractivity contribution in [2.45, 2.75) is 26.0 Å². The number of amides is 1. The van der Waals surface area contributed by atoms with Crippen LogP contribution in [-0.2, 0) is 0 Å². The van der Waals surface area contributed by atoms with E-state index in [9.17, 15) is 13.6 Å². The van der Waals surface area contributed by atoms with Crippen molar-refractivity contribution in [2.75, 3.05) is 6.61 Å². The summed E-state index contributed by atoms with van der Waals surface area (Å²) in [6, 6.07) is 5.32. The molecule has 0 saturated carbocycles. The van der Waals surface area contributed by atoms with Crippen LogP contribution in [0.15, 0.2) is 24.3 Å². The highest BCUT2D eigenvalue weighted by atomic mass is 19.3. The van der Waals surface area contributed by atoms with Crippen molar-refractivity contribution in [3.8, 4) is 5.75 Å². The van der Waals surface area contributed by atoms with E-state index in [-0.39, 0.29) is 12.4 Å². The molecule has 4 nitrogen and oxygen atoms in total. The van der Waals surface area contributed by atoms with E-state index >= 15 is 0 Å². The topological polar surface area (TPSA) is 58.6 Å². The monoisotopic (exact) mass is 259 g/mol. The summed E-state index contributed by atoms with van der Waals surface area (Å²) in [6.45, 7) is 0.238. The molecule has 18 heavy (non-hydrogen) atoms. The van der Waals surface area contributed by atoms with Gasteiger partial charge in [0.2, 0.25) is 0 Å². The van der Waals surface area contributed by atoms with E-state index in [1.807, 2.05) is 0 Å². The molecule has 0 atom stereocenters. The number of nitrogens with one attached hydrogen (secondary N) is 1. The van der Waals surface area contributed by atoms with Crippen LogP contribution in [0.5, 0.6) is 5.75 Å². The van der Waals surface area contributed by atoms with E-state index < -0.39 is 18.1 Å². The molecule has 0 heterocycles. The van der Waals surface area contributed by atoms with Gasteiger partial charge in [0, 0.05) is 5.56 Å². The SMILES string of the molecule is CC(C)(CO)NC(=O)c1ccc(OC(F)F)cc1. The molecule has 0 radical (unpaired) electrons. The third kappa shape index (κ3) is 4.29. The Morgan fingerprint density at radius 2 is 1.94 bits per heavy atom. The Morgan fingerprint density at radius 1 is 1.39 bits per heavy atom. The molecular weight excluding hydrogens is 244 g/mol. The Bertz CT molecular complexity index is 404. The highest BCUT2D eigenvalue weighted by Gasteiger charge is 2.19. The quantitative estimate of drug-likeness (QED) is 0.847. The predicted molar refractivity (Wildman–Crippen MR) is 61.7 cm³/mol. The first kappa shape index (κ1) is 14.4. The Morgan fingerprint density at radius 3 is 2.39 bits per heavy atom. The summed E-state index contributed by atoms with van der Waals surface area (Å²) in [5, 5.41) is 11.6. The zero-order valence-electron chi connectivity index (χ0n) is 10.1. The van der Waals surface area contributed by atoms with Crippen LogP contribution in [0.4, 0.5) is 8.78 Å². The molecule has 0 fully saturated rings. The molecule has 1 rings (SSSR count). The average Bonchev–Trinajstić information content (AvgIpc) is 2.28. The molecule has 1 amide bonds. The molecule has 0 aliphatic rings. The van der Waals surface area contributed by atoms with Crippen molar-refractivity contribution in [3.63, 3.8) is 0 Å².